The first kappa shape index (κ1) is 7.17. The standard InChI is InChI=1S/C7H5N3OS/c11-7-8-3-5(4-9-7)6-1-2-12-10-6/h1-4H,(H,8,9,11). The van der Waals surface area contributed by atoms with Crippen LogP contribution < -0.4 is 5.69 Å². The van der Waals surface area contributed by atoms with Crippen LogP contribution in [-0.4, -0.2) is 14.3 Å². The molecule has 2 aromatic heterocycles. The highest BCUT2D eigenvalue weighted by Crippen LogP contribution is 2.14. The molecule has 12 heavy (non-hydrogen) atoms. The molecule has 0 atom stereocenters. The number of nitrogens with one attached hydrogen (secondary N) is 1. The van der Waals surface area contributed by atoms with Gasteiger partial charge < -0.3 is 4.98 Å². The summed E-state index contributed by atoms with van der Waals surface area (Å²) >= 11 is 1.37. The van der Waals surface area contributed by atoms with Crippen LogP contribution in [0.3, 0.4) is 0 Å². The van der Waals surface area contributed by atoms with E-state index in [-0.39, 0.29) is 5.69 Å². The van der Waals surface area contributed by atoms with Crippen molar-refractivity contribution in [3.63, 3.8) is 0 Å². The lowest BCUT2D eigenvalue weighted by molar-refractivity contribution is 1.08. The van der Waals surface area contributed by atoms with Crippen molar-refractivity contribution in [3.8, 4) is 11.3 Å². The average Bonchev–Trinajstić information content (AvgIpc) is 2.58. The molecule has 4 nitrogen and oxygen atoms in total. The van der Waals surface area contributed by atoms with E-state index in [4.69, 9.17) is 0 Å². The van der Waals surface area contributed by atoms with Crippen LogP contribution in [0.25, 0.3) is 11.3 Å². The second-order valence-electron chi connectivity index (χ2n) is 2.19. The topological polar surface area (TPSA) is 58.6 Å². The second kappa shape index (κ2) is 2.86. The molecule has 0 fully saturated rings. The van der Waals surface area contributed by atoms with Crippen LogP contribution in [0.2, 0.25) is 0 Å². The Morgan fingerprint density at radius 3 is 3.00 bits per heavy atom. The number of nitrogens with zero attached hydrogens (tertiary/aromatic N) is 2. The lowest BCUT2D eigenvalue weighted by atomic mass is 10.2. The van der Waals surface area contributed by atoms with Gasteiger partial charge >= 0.3 is 5.69 Å². The minimum atomic E-state index is -0.339. The molecule has 0 saturated heterocycles. The fourth-order valence-corrected chi connectivity index (χ4v) is 1.37. The summed E-state index contributed by atoms with van der Waals surface area (Å²) in [4.78, 5) is 16.7. The summed E-state index contributed by atoms with van der Waals surface area (Å²) in [7, 11) is 0. The number of aromatic amines is 1. The molecule has 2 heterocycles. The Kier molecular flexibility index (Phi) is 1.71. The third kappa shape index (κ3) is 1.26. The summed E-state index contributed by atoms with van der Waals surface area (Å²) in [5.41, 5.74) is 1.33. The van der Waals surface area contributed by atoms with E-state index >= 15 is 0 Å². The van der Waals surface area contributed by atoms with Crippen LogP contribution >= 0.6 is 11.5 Å². The Hall–Kier alpha value is -1.49. The van der Waals surface area contributed by atoms with Crippen molar-refractivity contribution in [1.82, 2.24) is 14.3 Å². The molecule has 0 spiro atoms. The summed E-state index contributed by atoms with van der Waals surface area (Å²) in [6.07, 6.45) is 3.11. The van der Waals surface area contributed by atoms with Crippen LogP contribution in [0.4, 0.5) is 0 Å². The smallest absolute Gasteiger partial charge is 0.312 e. The number of aromatic nitrogens is 3. The lowest BCUT2D eigenvalue weighted by Gasteiger charge is -1.91. The Balaban J connectivity index is 2.49. The summed E-state index contributed by atoms with van der Waals surface area (Å²) in [5, 5.41) is 1.88. The molecule has 0 aliphatic carbocycles. The molecule has 0 radical (unpaired) electrons. The Morgan fingerprint density at radius 1 is 1.50 bits per heavy atom. The first-order valence-electron chi connectivity index (χ1n) is 3.32. The maximum absolute atomic E-state index is 10.6. The third-order valence-electron chi connectivity index (χ3n) is 1.41. The lowest BCUT2D eigenvalue weighted by Crippen LogP contribution is -2.07. The molecule has 0 aliphatic rings. The zero-order chi connectivity index (χ0) is 8.39. The van der Waals surface area contributed by atoms with E-state index in [2.05, 4.69) is 14.3 Å². The van der Waals surface area contributed by atoms with Gasteiger partial charge in [-0.05, 0) is 17.6 Å². The molecular formula is C7H5N3OS. The fraction of sp³-hybridized carbons (Fsp3) is 0. The van der Waals surface area contributed by atoms with E-state index < -0.39 is 0 Å². The van der Waals surface area contributed by atoms with E-state index in [9.17, 15) is 4.79 Å². The monoisotopic (exact) mass is 179 g/mol. The van der Waals surface area contributed by atoms with Gasteiger partial charge in [-0.1, -0.05) is 0 Å². The number of hydrogen-bond acceptors (Lipinski definition) is 4. The van der Waals surface area contributed by atoms with Gasteiger partial charge in [0.25, 0.3) is 0 Å². The molecule has 2 rings (SSSR count). The summed E-state index contributed by atoms with van der Waals surface area (Å²) in [6, 6.07) is 1.87. The quantitative estimate of drug-likeness (QED) is 0.707. The predicted octanol–water partition coefficient (Wildman–Crippen LogP) is 0.893. The maximum Gasteiger partial charge on any atom is 0.344 e. The number of H-pyrrole nitrogens is 1. The summed E-state index contributed by atoms with van der Waals surface area (Å²) in [6.45, 7) is 0. The summed E-state index contributed by atoms with van der Waals surface area (Å²) < 4.78 is 4.10. The highest BCUT2D eigenvalue weighted by Gasteiger charge is 1.98. The van der Waals surface area contributed by atoms with Gasteiger partial charge in [-0.2, -0.15) is 4.37 Å². The van der Waals surface area contributed by atoms with Gasteiger partial charge in [0.05, 0.1) is 5.69 Å². The van der Waals surface area contributed by atoms with Gasteiger partial charge in [0, 0.05) is 23.3 Å². The molecule has 60 valence electrons. The maximum atomic E-state index is 10.6. The Bertz CT molecular complexity index is 400. The van der Waals surface area contributed by atoms with Crippen LogP contribution in [0.5, 0.6) is 0 Å². The molecule has 1 N–H and O–H groups in total. The average molecular weight is 179 g/mol. The summed E-state index contributed by atoms with van der Waals surface area (Å²) in [5.74, 6) is 0. The van der Waals surface area contributed by atoms with Gasteiger partial charge in [-0.15, -0.1) is 0 Å². The first-order chi connectivity index (χ1) is 5.86. The Morgan fingerprint density at radius 2 is 2.42 bits per heavy atom. The largest absolute Gasteiger partial charge is 0.344 e. The normalized spacial score (nSPS) is 10.0. The second-order valence-corrected chi connectivity index (χ2v) is 2.86. The molecular weight excluding hydrogens is 174 g/mol. The van der Waals surface area contributed by atoms with Crippen molar-refractivity contribution in [2.45, 2.75) is 0 Å². The minimum absolute atomic E-state index is 0.339. The number of hydrogen-bond donors (Lipinski definition) is 1. The SMILES string of the molecule is O=c1ncc(-c2ccsn2)c[nH]1. The van der Waals surface area contributed by atoms with Gasteiger partial charge in [0.15, 0.2) is 0 Å². The first-order valence-corrected chi connectivity index (χ1v) is 4.15. The van der Waals surface area contributed by atoms with Crippen molar-refractivity contribution in [3.05, 3.63) is 34.3 Å². The molecule has 5 heteroatoms. The molecule has 0 aliphatic heterocycles. The van der Waals surface area contributed by atoms with Gasteiger partial charge in [0.2, 0.25) is 0 Å². The van der Waals surface area contributed by atoms with Crippen LogP contribution in [0.15, 0.2) is 28.6 Å². The number of rotatable bonds is 1. The molecule has 0 amide bonds. The van der Waals surface area contributed by atoms with E-state index in [1.165, 1.54) is 17.7 Å². The van der Waals surface area contributed by atoms with E-state index in [1.54, 1.807) is 6.20 Å². The van der Waals surface area contributed by atoms with Crippen molar-refractivity contribution in [2.75, 3.05) is 0 Å². The predicted molar refractivity (Wildman–Crippen MR) is 46.0 cm³/mol. The Labute approximate surface area is 72.1 Å². The minimum Gasteiger partial charge on any atom is -0.312 e. The van der Waals surface area contributed by atoms with E-state index in [0.717, 1.165) is 11.3 Å². The fourth-order valence-electron chi connectivity index (χ4n) is 0.844. The third-order valence-corrected chi connectivity index (χ3v) is 1.97. The van der Waals surface area contributed by atoms with Crippen LogP contribution in [-0.2, 0) is 0 Å². The van der Waals surface area contributed by atoms with Crippen LogP contribution in [0, 0.1) is 0 Å². The zero-order valence-electron chi connectivity index (χ0n) is 6.02. The van der Waals surface area contributed by atoms with E-state index in [0.29, 0.717) is 0 Å². The molecule has 0 bridgehead atoms. The molecule has 0 saturated carbocycles. The van der Waals surface area contributed by atoms with Gasteiger partial charge in [-0.25, -0.2) is 9.78 Å². The van der Waals surface area contributed by atoms with Crippen LogP contribution in [0.1, 0.15) is 0 Å². The van der Waals surface area contributed by atoms with E-state index in [1.807, 2.05) is 11.4 Å². The van der Waals surface area contributed by atoms with Gasteiger partial charge in [-0.3, -0.25) is 0 Å². The van der Waals surface area contributed by atoms with Crippen molar-refractivity contribution in [1.29, 1.82) is 0 Å². The molecule has 2 aromatic rings. The highest BCUT2D eigenvalue weighted by molar-refractivity contribution is 7.03. The van der Waals surface area contributed by atoms with Gasteiger partial charge in [0.1, 0.15) is 0 Å². The van der Waals surface area contributed by atoms with Crippen molar-refractivity contribution in [2.24, 2.45) is 0 Å². The zero-order valence-corrected chi connectivity index (χ0v) is 6.84. The van der Waals surface area contributed by atoms with Crippen molar-refractivity contribution >= 4 is 11.5 Å². The molecule has 0 unspecified atom stereocenters. The van der Waals surface area contributed by atoms with Crippen molar-refractivity contribution < 1.29 is 0 Å². The highest BCUT2D eigenvalue weighted by atomic mass is 32.1. The molecule has 0 aromatic carbocycles.